The van der Waals surface area contributed by atoms with Gasteiger partial charge in [0.2, 0.25) is 5.91 Å². The molecule has 2 aliphatic rings. The van der Waals surface area contributed by atoms with Gasteiger partial charge in [0.25, 0.3) is 0 Å². The third-order valence-electron chi connectivity index (χ3n) is 5.87. The standard InChI is InChI=1S/C22H34N4O3S/c1-2-23-22(24-14-16-30(28,29)20-11-7-4-8-12-20)25-19-13-15-26(17-19)21(27)18-9-5-3-6-10-18/h4,7-8,11-12,18-19H,2-3,5-6,9-10,13-17H2,1H3,(H2,23,24,25). The van der Waals surface area contributed by atoms with Crippen LogP contribution in [0, 0.1) is 5.92 Å². The van der Waals surface area contributed by atoms with Gasteiger partial charge in [0.15, 0.2) is 15.8 Å². The number of carbonyl (C=O) groups excluding carboxylic acids is 1. The maximum absolute atomic E-state index is 12.8. The quantitative estimate of drug-likeness (QED) is 0.507. The second-order valence-corrected chi connectivity index (χ2v) is 10.3. The number of sulfone groups is 1. The molecule has 0 aromatic heterocycles. The molecule has 1 aromatic rings. The summed E-state index contributed by atoms with van der Waals surface area (Å²) in [6.45, 7) is 4.31. The van der Waals surface area contributed by atoms with Crippen molar-refractivity contribution in [3.05, 3.63) is 30.3 Å². The van der Waals surface area contributed by atoms with E-state index in [0.717, 1.165) is 38.6 Å². The summed E-state index contributed by atoms with van der Waals surface area (Å²) in [5.41, 5.74) is 0. The second-order valence-electron chi connectivity index (χ2n) is 8.14. The van der Waals surface area contributed by atoms with Crippen LogP contribution in [0.15, 0.2) is 40.2 Å². The smallest absolute Gasteiger partial charge is 0.225 e. The molecular weight excluding hydrogens is 400 g/mol. The zero-order chi connectivity index (χ0) is 21.4. The molecule has 1 saturated carbocycles. The highest BCUT2D eigenvalue weighted by Gasteiger charge is 2.31. The van der Waals surface area contributed by atoms with Gasteiger partial charge >= 0.3 is 0 Å². The highest BCUT2D eigenvalue weighted by molar-refractivity contribution is 7.91. The number of benzene rings is 1. The van der Waals surface area contributed by atoms with E-state index in [1.807, 2.05) is 11.8 Å². The van der Waals surface area contributed by atoms with Crippen LogP contribution in [-0.4, -0.2) is 63.2 Å². The molecule has 1 heterocycles. The van der Waals surface area contributed by atoms with Gasteiger partial charge in [-0.3, -0.25) is 9.79 Å². The van der Waals surface area contributed by atoms with Crippen LogP contribution in [0.2, 0.25) is 0 Å². The second kappa shape index (κ2) is 10.8. The van der Waals surface area contributed by atoms with Gasteiger partial charge in [-0.2, -0.15) is 0 Å². The molecule has 0 radical (unpaired) electrons. The highest BCUT2D eigenvalue weighted by Crippen LogP contribution is 2.26. The summed E-state index contributed by atoms with van der Waals surface area (Å²) >= 11 is 0. The molecule has 1 atom stereocenters. The Kier molecular flexibility index (Phi) is 8.13. The first-order valence-electron chi connectivity index (χ1n) is 11.1. The summed E-state index contributed by atoms with van der Waals surface area (Å²) in [5, 5.41) is 6.56. The SMILES string of the molecule is CCNC(=NCCS(=O)(=O)c1ccccc1)NC1CCN(C(=O)C2CCCCC2)C1. The largest absolute Gasteiger partial charge is 0.357 e. The van der Waals surface area contributed by atoms with E-state index in [1.54, 1.807) is 30.3 Å². The van der Waals surface area contributed by atoms with Crippen LogP contribution in [0.3, 0.4) is 0 Å². The van der Waals surface area contributed by atoms with Crippen molar-refractivity contribution in [1.29, 1.82) is 0 Å². The topological polar surface area (TPSA) is 90.9 Å². The number of likely N-dealkylation sites (tertiary alicyclic amines) is 1. The van der Waals surface area contributed by atoms with E-state index >= 15 is 0 Å². The van der Waals surface area contributed by atoms with Crippen molar-refractivity contribution in [3.63, 3.8) is 0 Å². The summed E-state index contributed by atoms with van der Waals surface area (Å²) in [4.78, 5) is 19.5. The van der Waals surface area contributed by atoms with E-state index in [1.165, 1.54) is 6.42 Å². The number of hydrogen-bond donors (Lipinski definition) is 2. The first-order chi connectivity index (χ1) is 14.5. The van der Waals surface area contributed by atoms with Crippen LogP contribution in [0.4, 0.5) is 0 Å². The van der Waals surface area contributed by atoms with E-state index in [0.29, 0.717) is 29.9 Å². The van der Waals surface area contributed by atoms with E-state index in [-0.39, 0.29) is 24.3 Å². The number of guanidine groups is 1. The minimum absolute atomic E-state index is 0.0372. The van der Waals surface area contributed by atoms with Gasteiger partial charge in [-0.05, 0) is 38.3 Å². The van der Waals surface area contributed by atoms with E-state index < -0.39 is 9.84 Å². The summed E-state index contributed by atoms with van der Waals surface area (Å²) in [7, 11) is -3.35. The van der Waals surface area contributed by atoms with Crippen molar-refractivity contribution in [1.82, 2.24) is 15.5 Å². The first-order valence-corrected chi connectivity index (χ1v) is 12.8. The van der Waals surface area contributed by atoms with E-state index in [4.69, 9.17) is 0 Å². The number of rotatable bonds is 7. The lowest BCUT2D eigenvalue weighted by atomic mass is 9.88. The van der Waals surface area contributed by atoms with E-state index in [2.05, 4.69) is 15.6 Å². The average Bonchev–Trinajstić information content (AvgIpc) is 3.23. The van der Waals surface area contributed by atoms with Gasteiger partial charge in [-0.1, -0.05) is 37.5 Å². The predicted octanol–water partition coefficient (Wildman–Crippen LogP) is 2.20. The Bertz CT molecular complexity index is 820. The molecule has 1 aliphatic carbocycles. The molecule has 0 bridgehead atoms. The molecule has 0 spiro atoms. The Morgan fingerprint density at radius 3 is 2.57 bits per heavy atom. The monoisotopic (exact) mass is 434 g/mol. The van der Waals surface area contributed by atoms with Gasteiger partial charge < -0.3 is 15.5 Å². The van der Waals surface area contributed by atoms with Crippen molar-refractivity contribution in [3.8, 4) is 0 Å². The van der Waals surface area contributed by atoms with Crippen molar-refractivity contribution in [2.24, 2.45) is 10.9 Å². The minimum Gasteiger partial charge on any atom is -0.357 e. The van der Waals surface area contributed by atoms with Gasteiger partial charge in [0.1, 0.15) is 0 Å². The molecular formula is C22H34N4O3S. The van der Waals surface area contributed by atoms with Gasteiger partial charge in [0, 0.05) is 31.6 Å². The molecule has 166 valence electrons. The molecule has 2 N–H and O–H groups in total. The van der Waals surface area contributed by atoms with Crippen LogP contribution in [0.5, 0.6) is 0 Å². The van der Waals surface area contributed by atoms with Crippen molar-refractivity contribution in [2.75, 3.05) is 31.9 Å². The maximum Gasteiger partial charge on any atom is 0.225 e. The Balaban J connectivity index is 1.52. The van der Waals surface area contributed by atoms with E-state index in [9.17, 15) is 13.2 Å². The normalized spacial score (nSPS) is 20.9. The fourth-order valence-electron chi connectivity index (χ4n) is 4.22. The zero-order valence-corrected chi connectivity index (χ0v) is 18.7. The Morgan fingerprint density at radius 1 is 1.13 bits per heavy atom. The number of aliphatic imine (C=N–C) groups is 1. The Hall–Kier alpha value is -2.09. The molecule has 1 unspecified atom stereocenters. The van der Waals surface area contributed by atoms with Gasteiger partial charge in [-0.15, -0.1) is 0 Å². The molecule has 30 heavy (non-hydrogen) atoms. The summed E-state index contributed by atoms with van der Waals surface area (Å²) in [5.74, 6) is 1.07. The Labute approximate surface area is 180 Å². The van der Waals surface area contributed by atoms with Gasteiger partial charge in [0.05, 0.1) is 17.2 Å². The molecule has 3 rings (SSSR count). The Morgan fingerprint density at radius 2 is 1.87 bits per heavy atom. The predicted molar refractivity (Wildman–Crippen MR) is 119 cm³/mol. The molecule has 2 fully saturated rings. The van der Waals surface area contributed by atoms with Crippen molar-refractivity contribution in [2.45, 2.75) is 56.4 Å². The fraction of sp³-hybridized carbons (Fsp3) is 0.636. The minimum atomic E-state index is -3.35. The van der Waals surface area contributed by atoms with Crippen molar-refractivity contribution >= 4 is 21.7 Å². The summed E-state index contributed by atoms with van der Waals surface area (Å²) < 4.78 is 24.9. The lowest BCUT2D eigenvalue weighted by Gasteiger charge is -2.26. The highest BCUT2D eigenvalue weighted by atomic mass is 32.2. The molecule has 1 aromatic carbocycles. The summed E-state index contributed by atoms with van der Waals surface area (Å²) in [6, 6.07) is 8.61. The van der Waals surface area contributed by atoms with Crippen LogP contribution < -0.4 is 10.6 Å². The van der Waals surface area contributed by atoms with Crippen LogP contribution in [0.25, 0.3) is 0 Å². The number of amides is 1. The third-order valence-corrected chi connectivity index (χ3v) is 7.58. The van der Waals surface area contributed by atoms with Crippen molar-refractivity contribution < 1.29 is 13.2 Å². The van der Waals surface area contributed by atoms with Gasteiger partial charge in [-0.25, -0.2) is 8.42 Å². The van der Waals surface area contributed by atoms with Crippen LogP contribution in [0.1, 0.15) is 45.4 Å². The lowest BCUT2D eigenvalue weighted by molar-refractivity contribution is -0.135. The lowest BCUT2D eigenvalue weighted by Crippen LogP contribution is -2.45. The molecule has 1 saturated heterocycles. The van der Waals surface area contributed by atoms with Crippen LogP contribution in [-0.2, 0) is 14.6 Å². The zero-order valence-electron chi connectivity index (χ0n) is 17.8. The average molecular weight is 435 g/mol. The fourth-order valence-corrected chi connectivity index (χ4v) is 5.36. The van der Waals surface area contributed by atoms with Crippen LogP contribution >= 0.6 is 0 Å². The molecule has 1 aliphatic heterocycles. The number of nitrogens with zero attached hydrogens (tertiary/aromatic N) is 2. The number of nitrogens with one attached hydrogen (secondary N) is 2. The first kappa shape index (κ1) is 22.6. The molecule has 1 amide bonds. The molecule has 8 heteroatoms. The number of hydrogen-bond acceptors (Lipinski definition) is 4. The third kappa shape index (κ3) is 6.20. The maximum atomic E-state index is 12.8. The number of carbonyl (C=O) groups is 1. The molecule has 7 nitrogen and oxygen atoms in total. The summed E-state index contributed by atoms with van der Waals surface area (Å²) in [6.07, 6.45) is 6.49.